The molecule has 5 heteroatoms. The van der Waals surface area contributed by atoms with Crippen LogP contribution >= 0.6 is 11.3 Å². The highest BCUT2D eigenvalue weighted by molar-refractivity contribution is 7.09. The van der Waals surface area contributed by atoms with Gasteiger partial charge in [-0.2, -0.15) is 0 Å². The molecule has 0 unspecified atom stereocenters. The van der Waals surface area contributed by atoms with Gasteiger partial charge < -0.3 is 10.5 Å². The third-order valence-corrected chi connectivity index (χ3v) is 2.77. The van der Waals surface area contributed by atoms with Crippen LogP contribution in [-0.2, 0) is 11.3 Å². The lowest BCUT2D eigenvalue weighted by Crippen LogP contribution is -2.05. The third kappa shape index (κ3) is 2.58. The van der Waals surface area contributed by atoms with Crippen LogP contribution in [0.15, 0.2) is 36.0 Å². The minimum Gasteiger partial charge on any atom is -0.456 e. The van der Waals surface area contributed by atoms with Gasteiger partial charge in [-0.1, -0.05) is 6.07 Å². The van der Waals surface area contributed by atoms with Gasteiger partial charge in [0.05, 0.1) is 11.3 Å². The number of anilines is 1. The lowest BCUT2D eigenvalue weighted by Gasteiger charge is -2.03. The predicted molar refractivity (Wildman–Crippen MR) is 62.1 cm³/mol. The molecule has 0 radical (unpaired) electrons. The van der Waals surface area contributed by atoms with Gasteiger partial charge in [-0.25, -0.2) is 4.79 Å². The topological polar surface area (TPSA) is 65.2 Å². The molecule has 2 N–H and O–H groups in total. The molecule has 0 fully saturated rings. The van der Waals surface area contributed by atoms with Crippen molar-refractivity contribution in [2.75, 3.05) is 5.73 Å². The molecular weight excluding hydrogens is 224 g/mol. The smallest absolute Gasteiger partial charge is 0.340 e. The minimum atomic E-state index is -0.409. The molecule has 0 aromatic carbocycles. The number of nitrogens with two attached hydrogens (primary N) is 1. The van der Waals surface area contributed by atoms with E-state index in [0.717, 1.165) is 4.88 Å². The van der Waals surface area contributed by atoms with Crippen LogP contribution < -0.4 is 5.73 Å². The van der Waals surface area contributed by atoms with E-state index < -0.39 is 5.97 Å². The van der Waals surface area contributed by atoms with Gasteiger partial charge in [0.25, 0.3) is 0 Å². The zero-order valence-corrected chi connectivity index (χ0v) is 9.24. The standard InChI is InChI=1S/C11H10N2O2S/c12-9-4-8(5-13-6-9)11(14)15-7-10-2-1-3-16-10/h1-6H,7,12H2. The normalized spacial score (nSPS) is 10.0. The highest BCUT2D eigenvalue weighted by atomic mass is 32.1. The Kier molecular flexibility index (Phi) is 3.16. The zero-order valence-electron chi connectivity index (χ0n) is 8.42. The first-order valence-electron chi connectivity index (χ1n) is 4.66. The molecule has 16 heavy (non-hydrogen) atoms. The number of hydrogen-bond acceptors (Lipinski definition) is 5. The summed E-state index contributed by atoms with van der Waals surface area (Å²) < 4.78 is 5.10. The highest BCUT2D eigenvalue weighted by Gasteiger charge is 2.08. The molecule has 2 heterocycles. The van der Waals surface area contributed by atoms with E-state index >= 15 is 0 Å². The Morgan fingerprint density at radius 3 is 3.06 bits per heavy atom. The number of carbonyl (C=O) groups is 1. The van der Waals surface area contributed by atoms with Crippen molar-refractivity contribution in [1.29, 1.82) is 0 Å². The van der Waals surface area contributed by atoms with Gasteiger partial charge in [0.1, 0.15) is 6.61 Å². The van der Waals surface area contributed by atoms with Crippen LogP contribution in [0.1, 0.15) is 15.2 Å². The Hall–Kier alpha value is -1.88. The third-order valence-electron chi connectivity index (χ3n) is 1.92. The molecule has 2 rings (SSSR count). The van der Waals surface area contributed by atoms with Gasteiger partial charge >= 0.3 is 5.97 Å². The largest absolute Gasteiger partial charge is 0.456 e. The van der Waals surface area contributed by atoms with E-state index in [1.807, 2.05) is 17.5 Å². The number of hydrogen-bond donors (Lipinski definition) is 1. The van der Waals surface area contributed by atoms with Crippen LogP contribution in [-0.4, -0.2) is 11.0 Å². The summed E-state index contributed by atoms with van der Waals surface area (Å²) in [6.07, 6.45) is 2.92. The van der Waals surface area contributed by atoms with Crippen LogP contribution in [0.2, 0.25) is 0 Å². The molecule has 0 aliphatic carbocycles. The van der Waals surface area contributed by atoms with Gasteiger partial charge in [0, 0.05) is 17.3 Å². The molecule has 0 spiro atoms. The van der Waals surface area contributed by atoms with E-state index in [-0.39, 0.29) is 6.61 Å². The minimum absolute atomic E-state index is 0.283. The van der Waals surface area contributed by atoms with Gasteiger partial charge in [-0.15, -0.1) is 11.3 Å². The average molecular weight is 234 g/mol. The Balaban J connectivity index is 1.98. The molecule has 2 aromatic rings. The monoisotopic (exact) mass is 234 g/mol. The fourth-order valence-electron chi connectivity index (χ4n) is 1.18. The van der Waals surface area contributed by atoms with Gasteiger partial charge in [0.15, 0.2) is 0 Å². The second kappa shape index (κ2) is 4.76. The predicted octanol–water partition coefficient (Wildman–Crippen LogP) is 2.08. The van der Waals surface area contributed by atoms with E-state index in [2.05, 4.69) is 4.98 Å². The summed E-state index contributed by atoms with van der Waals surface area (Å²) in [5.74, 6) is -0.409. The highest BCUT2D eigenvalue weighted by Crippen LogP contribution is 2.12. The first-order valence-corrected chi connectivity index (χ1v) is 5.54. The van der Waals surface area contributed by atoms with Crippen LogP contribution in [0.25, 0.3) is 0 Å². The summed E-state index contributed by atoms with van der Waals surface area (Å²) >= 11 is 1.55. The van der Waals surface area contributed by atoms with Gasteiger partial charge in [0.2, 0.25) is 0 Å². The van der Waals surface area contributed by atoms with Gasteiger partial charge in [-0.3, -0.25) is 4.98 Å². The molecule has 0 aliphatic heterocycles. The number of ether oxygens (including phenoxy) is 1. The first kappa shape index (κ1) is 10.6. The molecule has 0 atom stereocenters. The Labute approximate surface area is 96.7 Å². The lowest BCUT2D eigenvalue weighted by molar-refractivity contribution is 0.0476. The second-order valence-electron chi connectivity index (χ2n) is 3.16. The van der Waals surface area contributed by atoms with Crippen molar-refractivity contribution in [3.05, 3.63) is 46.4 Å². The van der Waals surface area contributed by atoms with Crippen molar-refractivity contribution in [2.45, 2.75) is 6.61 Å². The molecule has 0 amide bonds. The second-order valence-corrected chi connectivity index (χ2v) is 4.19. The van der Waals surface area contributed by atoms with Crippen molar-refractivity contribution >= 4 is 23.0 Å². The summed E-state index contributed by atoms with van der Waals surface area (Å²) in [6, 6.07) is 5.37. The fraction of sp³-hybridized carbons (Fsp3) is 0.0909. The molecule has 0 bridgehead atoms. The van der Waals surface area contributed by atoms with E-state index in [9.17, 15) is 4.79 Å². The number of thiophene rings is 1. The summed E-state index contributed by atoms with van der Waals surface area (Å²) in [4.78, 5) is 16.4. The molecule has 82 valence electrons. The maximum absolute atomic E-state index is 11.6. The molecule has 0 aliphatic rings. The Morgan fingerprint density at radius 2 is 2.38 bits per heavy atom. The molecule has 4 nitrogen and oxygen atoms in total. The summed E-state index contributed by atoms with van der Waals surface area (Å²) in [7, 11) is 0. The van der Waals surface area contributed by atoms with Crippen molar-refractivity contribution in [3.63, 3.8) is 0 Å². The molecule has 0 saturated carbocycles. The van der Waals surface area contributed by atoms with E-state index in [1.165, 1.54) is 12.4 Å². The Morgan fingerprint density at radius 1 is 1.50 bits per heavy atom. The van der Waals surface area contributed by atoms with E-state index in [0.29, 0.717) is 11.3 Å². The van der Waals surface area contributed by atoms with Crippen molar-refractivity contribution in [1.82, 2.24) is 4.98 Å². The summed E-state index contributed by atoms with van der Waals surface area (Å²) in [5, 5.41) is 1.94. The lowest BCUT2D eigenvalue weighted by atomic mass is 10.3. The fourth-order valence-corrected chi connectivity index (χ4v) is 1.80. The maximum Gasteiger partial charge on any atom is 0.340 e. The quantitative estimate of drug-likeness (QED) is 0.826. The number of nitrogens with zero attached hydrogens (tertiary/aromatic N) is 1. The maximum atomic E-state index is 11.6. The molecule has 0 saturated heterocycles. The van der Waals surface area contributed by atoms with Crippen molar-refractivity contribution in [3.8, 4) is 0 Å². The SMILES string of the molecule is Nc1cncc(C(=O)OCc2cccs2)c1. The number of rotatable bonds is 3. The first-order chi connectivity index (χ1) is 7.75. The number of esters is 1. The van der Waals surface area contributed by atoms with Crippen LogP contribution in [0.4, 0.5) is 5.69 Å². The summed E-state index contributed by atoms with van der Waals surface area (Å²) in [6.45, 7) is 0.283. The molecule has 2 aromatic heterocycles. The van der Waals surface area contributed by atoms with E-state index in [1.54, 1.807) is 17.4 Å². The molecular formula is C11H10N2O2S. The Bertz CT molecular complexity index is 482. The van der Waals surface area contributed by atoms with Crippen molar-refractivity contribution < 1.29 is 9.53 Å². The van der Waals surface area contributed by atoms with Crippen LogP contribution in [0, 0.1) is 0 Å². The number of carbonyl (C=O) groups excluding carboxylic acids is 1. The zero-order chi connectivity index (χ0) is 11.4. The van der Waals surface area contributed by atoms with E-state index in [4.69, 9.17) is 10.5 Å². The number of aromatic nitrogens is 1. The summed E-state index contributed by atoms with van der Waals surface area (Å²) in [5.41, 5.74) is 6.34. The average Bonchev–Trinajstić information content (AvgIpc) is 2.78. The number of nitrogen functional groups attached to an aromatic ring is 1. The van der Waals surface area contributed by atoms with Crippen LogP contribution in [0.3, 0.4) is 0 Å². The van der Waals surface area contributed by atoms with Gasteiger partial charge in [-0.05, 0) is 17.5 Å². The van der Waals surface area contributed by atoms with Crippen LogP contribution in [0.5, 0.6) is 0 Å². The number of pyridine rings is 1. The van der Waals surface area contributed by atoms with Crippen molar-refractivity contribution in [2.24, 2.45) is 0 Å².